The second kappa shape index (κ2) is 3.98. The number of fused-ring (bicyclic) bond motifs is 7. The molecule has 0 N–H and O–H groups in total. The highest BCUT2D eigenvalue weighted by Crippen LogP contribution is 2.40. The zero-order chi connectivity index (χ0) is 14.8. The van der Waals surface area contributed by atoms with Crippen molar-refractivity contribution < 1.29 is 8.99 Å². The molecule has 1 unspecified atom stereocenters. The number of benzene rings is 2. The molecule has 0 bridgehead atoms. The molecule has 0 saturated carbocycles. The van der Waals surface area contributed by atoms with E-state index in [1.165, 1.54) is 33.0 Å². The van der Waals surface area contributed by atoms with Crippen LogP contribution in [0.25, 0.3) is 21.9 Å². The van der Waals surface area contributed by atoms with Gasteiger partial charge in [-0.2, -0.15) is 4.58 Å². The van der Waals surface area contributed by atoms with Gasteiger partial charge in [-0.3, -0.25) is 0 Å². The molecule has 0 saturated heterocycles. The molecule has 0 fully saturated rings. The van der Waals surface area contributed by atoms with Crippen molar-refractivity contribution in [1.29, 1.82) is 0 Å². The van der Waals surface area contributed by atoms with Gasteiger partial charge in [0.25, 0.3) is 0 Å². The highest BCUT2D eigenvalue weighted by Gasteiger charge is 2.34. The average molecular weight is 286 g/mol. The van der Waals surface area contributed by atoms with Gasteiger partial charge in [-0.25, -0.2) is 0 Å². The summed E-state index contributed by atoms with van der Waals surface area (Å²) in [6, 6.07) is 11.0. The van der Waals surface area contributed by atoms with E-state index in [9.17, 15) is 0 Å². The molecule has 5 rings (SSSR count). The first kappa shape index (κ1) is 12.0. The Morgan fingerprint density at radius 2 is 1.86 bits per heavy atom. The van der Waals surface area contributed by atoms with Crippen LogP contribution in [0.3, 0.4) is 0 Å². The Labute approximate surface area is 128 Å². The molecule has 3 aromatic rings. The van der Waals surface area contributed by atoms with Crippen LogP contribution in [0.2, 0.25) is 0 Å². The Balaban J connectivity index is 1.89. The molecule has 2 aliphatic rings. The molecule has 0 amide bonds. The van der Waals surface area contributed by atoms with Gasteiger partial charge in [0.15, 0.2) is 12.4 Å². The van der Waals surface area contributed by atoms with Crippen molar-refractivity contribution in [3.05, 3.63) is 70.9 Å². The first-order valence-corrected chi connectivity index (χ1v) is 7.66. The van der Waals surface area contributed by atoms with Crippen LogP contribution in [0.4, 0.5) is 0 Å². The van der Waals surface area contributed by atoms with Crippen molar-refractivity contribution in [2.24, 2.45) is 0 Å². The van der Waals surface area contributed by atoms with Gasteiger partial charge < -0.3 is 4.42 Å². The molecule has 0 spiro atoms. The number of para-hydroxylation sites is 1. The second-order valence-electron chi connectivity index (χ2n) is 6.25. The molecule has 2 heteroatoms. The summed E-state index contributed by atoms with van der Waals surface area (Å²) in [6.45, 7) is 4.26. The average Bonchev–Trinajstić information content (AvgIpc) is 3.05. The van der Waals surface area contributed by atoms with Gasteiger partial charge in [0, 0.05) is 16.8 Å². The number of nitrogens with zero attached hydrogens (tertiary/aromatic N) is 1. The zero-order valence-electron chi connectivity index (χ0n) is 12.6. The maximum absolute atomic E-state index is 6.31. The van der Waals surface area contributed by atoms with Crippen LogP contribution < -0.4 is 0 Å². The Kier molecular flexibility index (Phi) is 2.17. The highest BCUT2D eigenvalue weighted by atomic mass is 16.3. The second-order valence-corrected chi connectivity index (χ2v) is 6.25. The fraction of sp³-hybridized carbons (Fsp3) is 0.150. The quantitative estimate of drug-likeness (QED) is 0.539. The minimum Gasteiger partial charge on any atom is -0.455 e. The zero-order valence-corrected chi connectivity index (χ0v) is 12.6. The highest BCUT2D eigenvalue weighted by molar-refractivity contribution is 6.08. The van der Waals surface area contributed by atoms with Crippen LogP contribution in [0, 0.1) is 6.92 Å². The van der Waals surface area contributed by atoms with Crippen molar-refractivity contribution in [3.8, 4) is 0 Å². The summed E-state index contributed by atoms with van der Waals surface area (Å²) < 4.78 is 8.57. The van der Waals surface area contributed by atoms with Crippen molar-refractivity contribution in [1.82, 2.24) is 0 Å². The van der Waals surface area contributed by atoms with E-state index in [0.717, 1.165) is 11.2 Å². The Bertz CT molecular complexity index is 1050. The molecule has 2 aliphatic heterocycles. The number of allylic oxidation sites excluding steroid dienone is 2. The van der Waals surface area contributed by atoms with Gasteiger partial charge in [0.05, 0.1) is 11.1 Å². The van der Waals surface area contributed by atoms with E-state index in [1.54, 1.807) is 0 Å². The van der Waals surface area contributed by atoms with Crippen LogP contribution in [-0.4, -0.2) is 10.8 Å². The SMILES string of the molecule is CC1=CC2c3c(ccc4c3oc3c(C)cccc34)C=[N+]2C=C1. The van der Waals surface area contributed by atoms with Gasteiger partial charge in [0.2, 0.25) is 6.04 Å². The fourth-order valence-corrected chi connectivity index (χ4v) is 3.66. The van der Waals surface area contributed by atoms with E-state index < -0.39 is 0 Å². The molecule has 1 aromatic heterocycles. The maximum atomic E-state index is 6.31. The predicted molar refractivity (Wildman–Crippen MR) is 89.5 cm³/mol. The standard InChI is InChI=1S/C20H16NO/c1-12-8-9-21-11-14-6-7-16-15-5-3-4-13(2)19(15)22-20(16)18(14)17(21)10-12/h3-11,17H,1-2H3/q+1. The summed E-state index contributed by atoms with van der Waals surface area (Å²) in [6.07, 6.45) is 8.82. The van der Waals surface area contributed by atoms with Crippen LogP contribution in [0.5, 0.6) is 0 Å². The summed E-state index contributed by atoms with van der Waals surface area (Å²) in [5, 5.41) is 2.43. The summed E-state index contributed by atoms with van der Waals surface area (Å²) in [4.78, 5) is 0. The minimum absolute atomic E-state index is 0.254. The predicted octanol–water partition coefficient (Wildman–Crippen LogP) is 4.85. The van der Waals surface area contributed by atoms with Gasteiger partial charge in [-0.15, -0.1) is 0 Å². The van der Waals surface area contributed by atoms with Crippen molar-refractivity contribution in [2.45, 2.75) is 19.9 Å². The Morgan fingerprint density at radius 1 is 1.00 bits per heavy atom. The van der Waals surface area contributed by atoms with Gasteiger partial charge >= 0.3 is 0 Å². The lowest BCUT2D eigenvalue weighted by molar-refractivity contribution is -0.484. The molecule has 1 atom stereocenters. The minimum atomic E-state index is 0.254. The smallest absolute Gasteiger partial charge is 0.207 e. The monoisotopic (exact) mass is 286 g/mol. The normalized spacial score (nSPS) is 19.3. The van der Waals surface area contributed by atoms with Crippen LogP contribution >= 0.6 is 0 Å². The third-order valence-electron chi connectivity index (χ3n) is 4.77. The van der Waals surface area contributed by atoms with Crippen LogP contribution in [-0.2, 0) is 0 Å². The van der Waals surface area contributed by atoms with E-state index in [1.807, 2.05) is 0 Å². The topological polar surface area (TPSA) is 16.1 Å². The summed E-state index contributed by atoms with van der Waals surface area (Å²) in [7, 11) is 0. The fourth-order valence-electron chi connectivity index (χ4n) is 3.66. The molecular weight excluding hydrogens is 270 g/mol. The molecule has 3 heterocycles. The summed E-state index contributed by atoms with van der Waals surface area (Å²) in [5.41, 5.74) is 7.08. The molecule has 106 valence electrons. The molecule has 2 aromatic carbocycles. The summed E-state index contributed by atoms with van der Waals surface area (Å²) in [5.74, 6) is 0. The van der Waals surface area contributed by atoms with Crippen LogP contribution in [0.1, 0.15) is 29.7 Å². The lowest BCUT2D eigenvalue weighted by Gasteiger charge is -2.09. The Hall–Kier alpha value is -2.61. The van der Waals surface area contributed by atoms with Crippen molar-refractivity contribution >= 4 is 28.2 Å². The Morgan fingerprint density at radius 3 is 2.77 bits per heavy atom. The summed E-state index contributed by atoms with van der Waals surface area (Å²) >= 11 is 0. The van der Waals surface area contributed by atoms with Gasteiger partial charge in [-0.05, 0) is 43.2 Å². The number of furan rings is 1. The van der Waals surface area contributed by atoms with Gasteiger partial charge in [-0.1, -0.05) is 18.2 Å². The van der Waals surface area contributed by atoms with E-state index in [-0.39, 0.29) is 6.04 Å². The number of aryl methyl sites for hydroxylation is 1. The van der Waals surface area contributed by atoms with E-state index in [2.05, 4.69) is 73.3 Å². The number of hydrogen-bond donors (Lipinski definition) is 0. The largest absolute Gasteiger partial charge is 0.455 e. The third kappa shape index (κ3) is 1.42. The van der Waals surface area contributed by atoms with E-state index >= 15 is 0 Å². The number of hydrogen-bond acceptors (Lipinski definition) is 1. The maximum Gasteiger partial charge on any atom is 0.207 e. The first-order valence-electron chi connectivity index (χ1n) is 7.66. The van der Waals surface area contributed by atoms with Crippen LogP contribution in [0.15, 0.2) is 58.7 Å². The van der Waals surface area contributed by atoms with E-state index in [4.69, 9.17) is 4.42 Å². The molecular formula is C20H16NO+. The molecule has 22 heavy (non-hydrogen) atoms. The van der Waals surface area contributed by atoms with Crippen molar-refractivity contribution in [3.63, 3.8) is 0 Å². The van der Waals surface area contributed by atoms with Gasteiger partial charge in [0.1, 0.15) is 11.2 Å². The molecule has 2 nitrogen and oxygen atoms in total. The third-order valence-corrected chi connectivity index (χ3v) is 4.77. The molecule has 0 aliphatic carbocycles. The van der Waals surface area contributed by atoms with Crippen molar-refractivity contribution in [2.75, 3.05) is 0 Å². The number of rotatable bonds is 0. The van der Waals surface area contributed by atoms with E-state index in [0.29, 0.717) is 0 Å². The lowest BCUT2D eigenvalue weighted by Crippen LogP contribution is -2.09. The first-order chi connectivity index (χ1) is 10.7. The molecule has 0 radical (unpaired) electrons. The lowest BCUT2D eigenvalue weighted by atomic mass is 9.97.